The maximum atomic E-state index is 3.93. The number of nitrogens with one attached hydrogen (secondary N) is 1. The van der Waals surface area contributed by atoms with Crippen molar-refractivity contribution >= 4 is 29.2 Å². The number of anilines is 1. The molecule has 2 unspecified atom stereocenters. The Hall–Kier alpha value is -2.62. The van der Waals surface area contributed by atoms with Gasteiger partial charge in [-0.2, -0.15) is 0 Å². The normalized spacial score (nSPS) is 20.6. The molecule has 0 radical (unpaired) electrons. The van der Waals surface area contributed by atoms with Gasteiger partial charge in [-0.25, -0.2) is 0 Å². The van der Waals surface area contributed by atoms with Gasteiger partial charge in [-0.15, -0.1) is 23.5 Å². The number of para-hydroxylation sites is 1. The molecule has 2 aliphatic rings. The smallest absolute Gasteiger partial charge is 0.103 e. The van der Waals surface area contributed by atoms with Crippen LogP contribution >= 0.6 is 23.5 Å². The maximum Gasteiger partial charge on any atom is 0.103 e. The molecule has 0 bridgehead atoms. The molecule has 3 heteroatoms. The molecule has 6 rings (SSSR count). The van der Waals surface area contributed by atoms with E-state index in [0.29, 0.717) is 5.92 Å². The topological polar surface area (TPSA) is 12.0 Å². The van der Waals surface area contributed by atoms with E-state index in [-0.39, 0.29) is 10.1 Å². The van der Waals surface area contributed by atoms with Crippen molar-refractivity contribution in [3.05, 3.63) is 126 Å². The molecule has 2 aliphatic heterocycles. The Bertz CT molecular complexity index is 1180. The Morgan fingerprint density at radius 2 is 1.23 bits per heavy atom. The highest BCUT2D eigenvalue weighted by Crippen LogP contribution is 2.69. The first-order valence-electron chi connectivity index (χ1n) is 10.8. The lowest BCUT2D eigenvalue weighted by molar-refractivity contribution is 0.404. The predicted octanol–water partition coefficient (Wildman–Crippen LogP) is 7.76. The fourth-order valence-corrected chi connectivity index (χ4v) is 8.48. The molecule has 1 spiro atoms. The number of fused-ring (bicyclic) bond motifs is 3. The lowest BCUT2D eigenvalue weighted by Crippen LogP contribution is -2.41. The second kappa shape index (κ2) is 7.81. The minimum absolute atomic E-state index is 0.0676. The van der Waals surface area contributed by atoms with Crippen molar-refractivity contribution < 1.29 is 0 Å². The first-order chi connectivity index (χ1) is 15.3. The lowest BCUT2D eigenvalue weighted by atomic mass is 9.79. The van der Waals surface area contributed by atoms with Gasteiger partial charge in [0.2, 0.25) is 0 Å². The van der Waals surface area contributed by atoms with E-state index < -0.39 is 0 Å². The Labute approximate surface area is 192 Å². The molecule has 1 nitrogen and oxygen atoms in total. The Balaban J connectivity index is 1.55. The van der Waals surface area contributed by atoms with Crippen molar-refractivity contribution in [1.29, 1.82) is 0 Å². The molecular formula is C28H23NS2. The van der Waals surface area contributed by atoms with Gasteiger partial charge < -0.3 is 5.32 Å². The third-order valence-corrected chi connectivity index (χ3v) is 9.77. The van der Waals surface area contributed by atoms with Crippen LogP contribution in [0.1, 0.15) is 22.7 Å². The van der Waals surface area contributed by atoms with E-state index in [9.17, 15) is 0 Å². The fraction of sp³-hybridized carbons (Fsp3) is 0.143. The van der Waals surface area contributed by atoms with Crippen LogP contribution in [-0.2, 0) is 10.5 Å². The van der Waals surface area contributed by atoms with Gasteiger partial charge in [0.05, 0.1) is 6.04 Å². The zero-order valence-electron chi connectivity index (χ0n) is 17.1. The van der Waals surface area contributed by atoms with Gasteiger partial charge >= 0.3 is 0 Å². The molecule has 152 valence electrons. The van der Waals surface area contributed by atoms with Gasteiger partial charge in [-0.1, -0.05) is 91.0 Å². The first kappa shape index (κ1) is 19.1. The van der Waals surface area contributed by atoms with Crippen LogP contribution in [0.25, 0.3) is 0 Å². The third kappa shape index (κ3) is 3.28. The van der Waals surface area contributed by atoms with Crippen molar-refractivity contribution in [3.63, 3.8) is 0 Å². The zero-order valence-corrected chi connectivity index (χ0v) is 18.7. The molecular weight excluding hydrogens is 414 g/mol. The molecule has 0 saturated heterocycles. The summed E-state index contributed by atoms with van der Waals surface area (Å²) in [4.78, 5) is 2.79. The Morgan fingerprint density at radius 3 is 1.94 bits per heavy atom. The molecule has 4 aromatic carbocycles. The molecule has 0 fully saturated rings. The Kier molecular flexibility index (Phi) is 4.81. The van der Waals surface area contributed by atoms with Crippen LogP contribution in [0.5, 0.6) is 0 Å². The molecule has 1 N–H and O–H groups in total. The van der Waals surface area contributed by atoms with E-state index in [1.807, 2.05) is 0 Å². The minimum Gasteiger partial charge on any atom is -0.378 e. The summed E-state index contributed by atoms with van der Waals surface area (Å²) in [5.41, 5.74) is 5.42. The standard InChI is InChI=1S/C28H23NS2/c1-3-11-20(12-4-1)19-23-27(21-13-5-2-6-14-21)29-24-16-8-7-15-22(24)28(23)30-25-17-9-10-18-26(25)31-28/h1-18,23,27,29H,19H2. The summed E-state index contributed by atoms with van der Waals surface area (Å²) in [6.07, 6.45) is 1.02. The highest BCUT2D eigenvalue weighted by Gasteiger charge is 2.53. The SMILES string of the molecule is c1ccc(CC2C(c3ccccc3)Nc3ccccc3C23Sc2ccccc2S3)cc1. The fourth-order valence-electron chi connectivity index (χ4n) is 4.92. The largest absolute Gasteiger partial charge is 0.378 e. The summed E-state index contributed by atoms with van der Waals surface area (Å²) in [5.74, 6) is 0.384. The summed E-state index contributed by atoms with van der Waals surface area (Å²) < 4.78 is -0.0676. The van der Waals surface area contributed by atoms with E-state index in [1.165, 1.54) is 32.2 Å². The van der Waals surface area contributed by atoms with Crippen molar-refractivity contribution in [3.8, 4) is 0 Å². The number of thioether (sulfide) groups is 2. The van der Waals surface area contributed by atoms with Gasteiger partial charge in [0.1, 0.15) is 4.08 Å². The molecule has 4 aromatic rings. The van der Waals surface area contributed by atoms with Crippen molar-refractivity contribution in [2.45, 2.75) is 26.3 Å². The van der Waals surface area contributed by atoms with Crippen molar-refractivity contribution in [1.82, 2.24) is 0 Å². The van der Waals surface area contributed by atoms with Gasteiger partial charge in [-0.3, -0.25) is 0 Å². The van der Waals surface area contributed by atoms with Crippen LogP contribution < -0.4 is 5.32 Å². The zero-order chi connectivity index (χ0) is 20.7. The number of rotatable bonds is 3. The van der Waals surface area contributed by atoms with Crippen LogP contribution in [0.2, 0.25) is 0 Å². The quantitative estimate of drug-likeness (QED) is 0.352. The van der Waals surface area contributed by atoms with Crippen molar-refractivity contribution in [2.24, 2.45) is 5.92 Å². The molecule has 0 saturated carbocycles. The first-order valence-corrected chi connectivity index (χ1v) is 12.4. The number of benzene rings is 4. The average molecular weight is 438 g/mol. The molecule has 2 heterocycles. The second-order valence-electron chi connectivity index (χ2n) is 8.19. The van der Waals surface area contributed by atoms with E-state index in [4.69, 9.17) is 0 Å². The Morgan fingerprint density at radius 1 is 0.645 bits per heavy atom. The van der Waals surface area contributed by atoms with Crippen molar-refractivity contribution in [2.75, 3.05) is 5.32 Å². The van der Waals surface area contributed by atoms with Crippen LogP contribution in [0.15, 0.2) is 119 Å². The molecule has 0 aliphatic carbocycles. The van der Waals surface area contributed by atoms with E-state index in [0.717, 1.165) is 6.42 Å². The van der Waals surface area contributed by atoms with Gasteiger partial charge in [-0.05, 0) is 35.7 Å². The van der Waals surface area contributed by atoms with Gasteiger partial charge in [0.25, 0.3) is 0 Å². The van der Waals surface area contributed by atoms with Crippen LogP contribution in [0.4, 0.5) is 5.69 Å². The summed E-state index contributed by atoms with van der Waals surface area (Å²) in [7, 11) is 0. The highest BCUT2D eigenvalue weighted by atomic mass is 32.2. The predicted molar refractivity (Wildman–Crippen MR) is 133 cm³/mol. The van der Waals surface area contributed by atoms with Crippen LogP contribution in [0, 0.1) is 5.92 Å². The van der Waals surface area contributed by atoms with Crippen LogP contribution in [-0.4, -0.2) is 0 Å². The second-order valence-corrected chi connectivity index (χ2v) is 11.0. The lowest BCUT2D eigenvalue weighted by Gasteiger charge is -2.47. The van der Waals surface area contributed by atoms with Gasteiger partial charge in [0.15, 0.2) is 0 Å². The minimum atomic E-state index is -0.0676. The summed E-state index contributed by atoms with van der Waals surface area (Å²) >= 11 is 4.10. The monoisotopic (exact) mass is 437 g/mol. The van der Waals surface area contributed by atoms with E-state index in [2.05, 4.69) is 138 Å². The summed E-state index contributed by atoms with van der Waals surface area (Å²) in [6.45, 7) is 0. The molecule has 0 amide bonds. The van der Waals surface area contributed by atoms with E-state index in [1.54, 1.807) is 0 Å². The van der Waals surface area contributed by atoms with Crippen LogP contribution in [0.3, 0.4) is 0 Å². The summed E-state index contributed by atoms with van der Waals surface area (Å²) in [6, 6.07) is 40.0. The average Bonchev–Trinajstić information content (AvgIpc) is 3.22. The maximum absolute atomic E-state index is 3.93. The molecule has 2 atom stereocenters. The number of hydrogen-bond donors (Lipinski definition) is 1. The molecule has 0 aromatic heterocycles. The highest BCUT2D eigenvalue weighted by molar-refractivity contribution is 8.20. The van der Waals surface area contributed by atoms with Gasteiger partial charge in [0, 0.05) is 27.0 Å². The van der Waals surface area contributed by atoms with E-state index >= 15 is 0 Å². The number of hydrogen-bond acceptors (Lipinski definition) is 3. The molecule has 31 heavy (non-hydrogen) atoms. The third-order valence-electron chi connectivity index (χ3n) is 6.33. The summed E-state index contributed by atoms with van der Waals surface area (Å²) in [5, 5.41) is 3.93.